The SMILES string of the molecule is C1=Cc2c3c(c4ccccc4c2CC1)-c1ccc2cc(-c4c5ccccc5c(-c5cccc(-c6ccccc6)c5)c5ccccc45)ccc2c1C31c2ccccc2-c2ccccc21. The van der Waals surface area contributed by atoms with Gasteiger partial charge < -0.3 is 0 Å². The first-order valence-corrected chi connectivity index (χ1v) is 22.4. The Bertz CT molecular complexity index is 3680. The number of allylic oxidation sites excluding steroid dienone is 1. The zero-order valence-electron chi connectivity index (χ0n) is 34.7. The van der Waals surface area contributed by atoms with Crippen molar-refractivity contribution in [1.29, 1.82) is 0 Å². The molecular weight excluding hydrogens is 757 g/mol. The molecule has 14 rings (SSSR count). The molecule has 63 heavy (non-hydrogen) atoms. The maximum absolute atomic E-state index is 2.48. The van der Waals surface area contributed by atoms with E-state index in [9.17, 15) is 0 Å². The van der Waals surface area contributed by atoms with Gasteiger partial charge in [0.05, 0.1) is 5.41 Å². The fourth-order valence-corrected chi connectivity index (χ4v) is 12.3. The fourth-order valence-electron chi connectivity index (χ4n) is 12.3. The van der Waals surface area contributed by atoms with Gasteiger partial charge in [0.15, 0.2) is 0 Å². The third-order valence-electron chi connectivity index (χ3n) is 14.7. The quantitative estimate of drug-likeness (QED) is 0.156. The van der Waals surface area contributed by atoms with Gasteiger partial charge in [0.1, 0.15) is 0 Å². The molecule has 0 fully saturated rings. The molecule has 0 bridgehead atoms. The Kier molecular flexibility index (Phi) is 7.25. The maximum Gasteiger partial charge on any atom is 0.0737 e. The van der Waals surface area contributed by atoms with E-state index in [1.807, 2.05) is 0 Å². The average molecular weight is 797 g/mol. The highest BCUT2D eigenvalue weighted by atomic mass is 14.5. The van der Waals surface area contributed by atoms with E-state index in [-0.39, 0.29) is 0 Å². The van der Waals surface area contributed by atoms with Gasteiger partial charge in [-0.25, -0.2) is 0 Å². The van der Waals surface area contributed by atoms with Crippen LogP contribution in [0.3, 0.4) is 0 Å². The summed E-state index contributed by atoms with van der Waals surface area (Å²) in [5.74, 6) is 0. The lowest BCUT2D eigenvalue weighted by atomic mass is 9.67. The summed E-state index contributed by atoms with van der Waals surface area (Å²) in [6, 6.07) is 77.8. The van der Waals surface area contributed by atoms with E-state index in [0.29, 0.717) is 0 Å². The second kappa shape index (κ2) is 13.1. The van der Waals surface area contributed by atoms with Gasteiger partial charge in [0, 0.05) is 0 Å². The van der Waals surface area contributed by atoms with Gasteiger partial charge in [-0.3, -0.25) is 0 Å². The molecule has 3 aliphatic carbocycles. The van der Waals surface area contributed by atoms with Crippen LogP contribution in [0.15, 0.2) is 212 Å². The van der Waals surface area contributed by atoms with Crippen LogP contribution in [-0.2, 0) is 11.8 Å². The first-order chi connectivity index (χ1) is 31.3. The summed E-state index contributed by atoms with van der Waals surface area (Å²) < 4.78 is 0. The third kappa shape index (κ3) is 4.65. The zero-order valence-corrected chi connectivity index (χ0v) is 34.7. The molecule has 11 aromatic rings. The van der Waals surface area contributed by atoms with Gasteiger partial charge in [-0.15, -0.1) is 0 Å². The summed E-state index contributed by atoms with van der Waals surface area (Å²) in [5.41, 5.74) is 21.0. The van der Waals surface area contributed by atoms with Crippen LogP contribution in [0.5, 0.6) is 0 Å². The standard InChI is InChI=1S/C63H40/c1-2-17-39(18-3-1)40-19-16-20-42(37-40)58-50-26-7-9-28-52(50)59(53-29-10-8-27-51(53)58)43-34-35-44-41(38-43)33-36-55-60-49-25-6-4-21-45(49)46-22-5-11-30-54(46)62(60)63(61(44)55)56-31-14-12-23-47(56)48-24-13-15-32-57(48)63/h1-4,6-21,23-38H,5,22H2. The second-order valence-corrected chi connectivity index (χ2v) is 17.7. The van der Waals surface area contributed by atoms with Gasteiger partial charge in [-0.1, -0.05) is 206 Å². The van der Waals surface area contributed by atoms with E-state index in [0.717, 1.165) is 12.8 Å². The van der Waals surface area contributed by atoms with Crippen LogP contribution in [0.1, 0.15) is 39.8 Å². The van der Waals surface area contributed by atoms with Crippen LogP contribution in [0, 0.1) is 0 Å². The molecule has 0 aliphatic heterocycles. The largest absolute Gasteiger partial charge is 0.0836 e. The van der Waals surface area contributed by atoms with Crippen molar-refractivity contribution in [1.82, 2.24) is 0 Å². The zero-order chi connectivity index (χ0) is 41.2. The number of aryl methyl sites for hydroxylation is 1. The molecule has 0 heterocycles. The van der Waals surface area contributed by atoms with Crippen LogP contribution >= 0.6 is 0 Å². The molecule has 0 atom stereocenters. The van der Waals surface area contributed by atoms with Crippen LogP contribution in [0.25, 0.3) is 105 Å². The highest BCUT2D eigenvalue weighted by Gasteiger charge is 2.54. The Balaban J connectivity index is 1.06. The van der Waals surface area contributed by atoms with Gasteiger partial charge in [-0.05, 0) is 157 Å². The number of fused-ring (bicyclic) bond motifs is 19. The Hall–Kier alpha value is -7.80. The molecule has 3 aliphatic rings. The van der Waals surface area contributed by atoms with Crippen molar-refractivity contribution < 1.29 is 0 Å². The molecule has 0 nitrogen and oxygen atoms in total. The number of hydrogen-bond donors (Lipinski definition) is 0. The summed E-state index contributed by atoms with van der Waals surface area (Å²) in [4.78, 5) is 0. The molecule has 292 valence electrons. The normalized spacial score (nSPS) is 14.0. The van der Waals surface area contributed by atoms with Crippen molar-refractivity contribution >= 4 is 49.2 Å². The lowest BCUT2D eigenvalue weighted by Crippen LogP contribution is -2.28. The molecule has 11 aromatic carbocycles. The van der Waals surface area contributed by atoms with Crippen molar-refractivity contribution in [3.8, 4) is 55.6 Å². The van der Waals surface area contributed by atoms with Gasteiger partial charge >= 0.3 is 0 Å². The Morgan fingerprint density at radius 3 is 1.54 bits per heavy atom. The van der Waals surface area contributed by atoms with Crippen LogP contribution < -0.4 is 0 Å². The Morgan fingerprint density at radius 1 is 0.333 bits per heavy atom. The summed E-state index contributed by atoms with van der Waals surface area (Å²) >= 11 is 0. The highest BCUT2D eigenvalue weighted by molar-refractivity contribution is 6.22. The van der Waals surface area contributed by atoms with Gasteiger partial charge in [0.2, 0.25) is 0 Å². The molecule has 0 amide bonds. The Labute approximate surface area is 367 Å². The van der Waals surface area contributed by atoms with E-state index in [4.69, 9.17) is 0 Å². The van der Waals surface area contributed by atoms with Crippen molar-refractivity contribution in [3.05, 3.63) is 246 Å². The van der Waals surface area contributed by atoms with E-state index >= 15 is 0 Å². The molecule has 1 spiro atoms. The molecular formula is C63H40. The minimum absolute atomic E-state index is 0.468. The minimum atomic E-state index is -0.468. The topological polar surface area (TPSA) is 0 Å². The molecule has 0 heteroatoms. The van der Waals surface area contributed by atoms with E-state index < -0.39 is 5.41 Å². The maximum atomic E-state index is 2.48. The highest BCUT2D eigenvalue weighted by Crippen LogP contribution is 2.66. The van der Waals surface area contributed by atoms with Crippen LogP contribution in [0.4, 0.5) is 0 Å². The first kappa shape index (κ1) is 34.9. The number of benzene rings is 11. The smallest absolute Gasteiger partial charge is 0.0737 e. The average Bonchev–Trinajstić information content (AvgIpc) is 3.84. The molecule has 0 radical (unpaired) electrons. The van der Waals surface area contributed by atoms with Crippen molar-refractivity contribution in [2.24, 2.45) is 0 Å². The van der Waals surface area contributed by atoms with E-state index in [1.165, 1.54) is 132 Å². The van der Waals surface area contributed by atoms with Crippen LogP contribution in [-0.4, -0.2) is 0 Å². The van der Waals surface area contributed by atoms with Crippen LogP contribution in [0.2, 0.25) is 0 Å². The Morgan fingerprint density at radius 2 is 0.873 bits per heavy atom. The van der Waals surface area contributed by atoms with Crippen molar-refractivity contribution in [3.63, 3.8) is 0 Å². The second-order valence-electron chi connectivity index (χ2n) is 17.7. The molecule has 0 N–H and O–H groups in total. The summed E-state index contributed by atoms with van der Waals surface area (Å²) in [6.45, 7) is 0. The minimum Gasteiger partial charge on any atom is -0.0836 e. The lowest BCUT2D eigenvalue weighted by molar-refractivity contribution is 0.795. The third-order valence-corrected chi connectivity index (χ3v) is 14.7. The van der Waals surface area contributed by atoms with E-state index in [2.05, 4.69) is 218 Å². The number of hydrogen-bond acceptors (Lipinski definition) is 0. The predicted octanol–water partition coefficient (Wildman–Crippen LogP) is 16.6. The lowest BCUT2D eigenvalue weighted by Gasteiger charge is -2.34. The first-order valence-electron chi connectivity index (χ1n) is 22.4. The molecule has 0 saturated heterocycles. The van der Waals surface area contributed by atoms with Crippen molar-refractivity contribution in [2.45, 2.75) is 18.3 Å². The molecule has 0 unspecified atom stereocenters. The van der Waals surface area contributed by atoms with Crippen molar-refractivity contribution in [2.75, 3.05) is 0 Å². The predicted molar refractivity (Wildman–Crippen MR) is 266 cm³/mol. The summed E-state index contributed by atoms with van der Waals surface area (Å²) in [6.07, 6.45) is 6.99. The fraction of sp³-hybridized carbons (Fsp3) is 0.0476. The molecule has 0 saturated carbocycles. The van der Waals surface area contributed by atoms with Gasteiger partial charge in [-0.2, -0.15) is 0 Å². The van der Waals surface area contributed by atoms with E-state index in [1.54, 1.807) is 0 Å². The molecule has 0 aromatic heterocycles. The summed E-state index contributed by atoms with van der Waals surface area (Å²) in [5, 5.41) is 10.4. The van der Waals surface area contributed by atoms with Gasteiger partial charge in [0.25, 0.3) is 0 Å². The monoisotopic (exact) mass is 796 g/mol. The summed E-state index contributed by atoms with van der Waals surface area (Å²) in [7, 11) is 0. The number of rotatable bonds is 3.